The van der Waals surface area contributed by atoms with E-state index in [0.717, 1.165) is 44.9 Å². The molecule has 4 aromatic carbocycles. The average molecular weight is 587 g/mol. The fourth-order valence-corrected chi connectivity index (χ4v) is 4.98. The normalized spacial score (nSPS) is 11.8. The number of nitriles is 1. The maximum Gasteiger partial charge on any atom is 0.216 e. The lowest BCUT2D eigenvalue weighted by Crippen LogP contribution is -2.30. The Hall–Kier alpha value is -4.94. The van der Waals surface area contributed by atoms with Gasteiger partial charge in [0.25, 0.3) is 0 Å². The highest BCUT2D eigenvalue weighted by Gasteiger charge is 2.15. The predicted molar refractivity (Wildman–Crippen MR) is 170 cm³/mol. The fourth-order valence-electron chi connectivity index (χ4n) is 4.98. The molecule has 0 unspecified atom stereocenters. The summed E-state index contributed by atoms with van der Waals surface area (Å²) in [4.78, 5) is 11.2. The maximum absolute atomic E-state index is 11.2. The van der Waals surface area contributed by atoms with Gasteiger partial charge in [0.05, 0.1) is 11.6 Å². The zero-order valence-corrected chi connectivity index (χ0v) is 24.9. The molecule has 0 saturated heterocycles. The number of nitrogens with one attached hydrogen (secondary N) is 2. The van der Waals surface area contributed by atoms with Crippen LogP contribution in [0.2, 0.25) is 0 Å². The molecule has 1 amide bonds. The first-order valence-corrected chi connectivity index (χ1v) is 14.5. The molecule has 9 heteroatoms. The van der Waals surface area contributed by atoms with Gasteiger partial charge in [-0.15, -0.1) is 0 Å². The van der Waals surface area contributed by atoms with E-state index in [9.17, 15) is 10.1 Å². The molecule has 0 spiro atoms. The molecule has 0 aromatic heterocycles. The molecule has 4 aromatic rings. The molecular weight excluding hydrogens is 553 g/mol. The summed E-state index contributed by atoms with van der Waals surface area (Å²) in [7, 11) is 6.47. The molecular formula is C35H34BN3O5. The molecule has 1 heterocycles. The molecule has 222 valence electrons. The lowest BCUT2D eigenvalue weighted by Gasteiger charge is -2.20. The zero-order valence-electron chi connectivity index (χ0n) is 24.9. The summed E-state index contributed by atoms with van der Waals surface area (Å²) >= 11 is 0. The van der Waals surface area contributed by atoms with E-state index in [1.807, 2.05) is 54.6 Å². The van der Waals surface area contributed by atoms with Crippen LogP contribution in [0.1, 0.15) is 34.7 Å². The average Bonchev–Trinajstić information content (AvgIpc) is 3.04. The number of rotatable bonds is 12. The van der Waals surface area contributed by atoms with Gasteiger partial charge in [-0.25, -0.2) is 0 Å². The van der Waals surface area contributed by atoms with Crippen LogP contribution >= 0.6 is 0 Å². The third-order valence-electron chi connectivity index (χ3n) is 7.32. The maximum atomic E-state index is 11.2. The van der Waals surface area contributed by atoms with Gasteiger partial charge in [-0.1, -0.05) is 47.9 Å². The van der Waals surface area contributed by atoms with Crippen molar-refractivity contribution in [3.63, 3.8) is 0 Å². The fraction of sp³-hybridized carbons (Fsp3) is 0.257. The summed E-state index contributed by atoms with van der Waals surface area (Å²) in [6.45, 7) is 6.81. The predicted octanol–water partition coefficient (Wildman–Crippen LogP) is 4.48. The van der Waals surface area contributed by atoms with E-state index in [1.54, 1.807) is 12.1 Å². The highest BCUT2D eigenvalue weighted by Crippen LogP contribution is 2.36. The van der Waals surface area contributed by atoms with Gasteiger partial charge >= 0.3 is 0 Å². The van der Waals surface area contributed by atoms with Crippen molar-refractivity contribution in [2.45, 2.75) is 33.6 Å². The molecule has 1 aliphatic heterocycles. The molecule has 8 nitrogen and oxygen atoms in total. The lowest BCUT2D eigenvalue weighted by molar-refractivity contribution is -0.118. The van der Waals surface area contributed by atoms with Gasteiger partial charge in [0.15, 0.2) is 11.5 Å². The summed E-state index contributed by atoms with van der Waals surface area (Å²) in [6, 6.07) is 25.3. The first kappa shape index (κ1) is 30.5. The molecule has 0 fully saturated rings. The Labute approximate surface area is 259 Å². The summed E-state index contributed by atoms with van der Waals surface area (Å²) in [6.07, 6.45) is 0. The Morgan fingerprint density at radius 1 is 0.909 bits per heavy atom. The van der Waals surface area contributed by atoms with Crippen LogP contribution in [-0.4, -0.2) is 40.1 Å². The number of ether oxygens (including phenoxy) is 4. The number of amides is 1. The third kappa shape index (κ3) is 7.71. The SMILES string of the molecule is [B]c1cc(CNCCNC(C)=O)c(OCc2cccc(C#N)c2)cc1OCc1cccc(-c2ccc3c(c2)OCCO3)c1C. The minimum atomic E-state index is -0.0757. The van der Waals surface area contributed by atoms with E-state index in [0.29, 0.717) is 62.0 Å². The summed E-state index contributed by atoms with van der Waals surface area (Å²) in [5.74, 6) is 2.56. The number of nitrogens with zero attached hydrogens (tertiary/aromatic N) is 1. The van der Waals surface area contributed by atoms with Crippen LogP contribution in [0.25, 0.3) is 11.1 Å². The van der Waals surface area contributed by atoms with Crippen molar-refractivity contribution in [1.82, 2.24) is 10.6 Å². The monoisotopic (exact) mass is 587 g/mol. The molecule has 5 rings (SSSR count). The highest BCUT2D eigenvalue weighted by atomic mass is 16.6. The number of fused-ring (bicyclic) bond motifs is 1. The van der Waals surface area contributed by atoms with E-state index in [2.05, 4.69) is 29.7 Å². The largest absolute Gasteiger partial charge is 0.489 e. The van der Waals surface area contributed by atoms with Gasteiger partial charge in [0, 0.05) is 38.2 Å². The Morgan fingerprint density at radius 3 is 2.52 bits per heavy atom. The van der Waals surface area contributed by atoms with Crippen molar-refractivity contribution >= 4 is 19.2 Å². The quantitative estimate of drug-likeness (QED) is 0.186. The summed E-state index contributed by atoms with van der Waals surface area (Å²) in [5, 5.41) is 15.4. The van der Waals surface area contributed by atoms with E-state index in [-0.39, 0.29) is 12.5 Å². The second-order valence-electron chi connectivity index (χ2n) is 10.5. The van der Waals surface area contributed by atoms with E-state index in [4.69, 9.17) is 26.8 Å². The van der Waals surface area contributed by atoms with E-state index < -0.39 is 0 Å². The van der Waals surface area contributed by atoms with E-state index in [1.165, 1.54) is 6.92 Å². The Bertz CT molecular complexity index is 1680. The van der Waals surface area contributed by atoms with Crippen molar-refractivity contribution in [3.8, 4) is 40.2 Å². The minimum Gasteiger partial charge on any atom is -0.489 e. The van der Waals surface area contributed by atoms with Crippen LogP contribution in [0, 0.1) is 18.3 Å². The van der Waals surface area contributed by atoms with Crippen LogP contribution in [0.3, 0.4) is 0 Å². The molecule has 0 aliphatic carbocycles. The molecule has 44 heavy (non-hydrogen) atoms. The van der Waals surface area contributed by atoms with Crippen LogP contribution in [0.4, 0.5) is 0 Å². The Kier molecular flexibility index (Phi) is 10.1. The second-order valence-corrected chi connectivity index (χ2v) is 10.5. The van der Waals surface area contributed by atoms with Crippen LogP contribution in [0.5, 0.6) is 23.0 Å². The molecule has 2 N–H and O–H groups in total. The van der Waals surface area contributed by atoms with Gasteiger partial charge in [-0.2, -0.15) is 5.26 Å². The van der Waals surface area contributed by atoms with Crippen LogP contribution < -0.4 is 35.0 Å². The molecule has 0 bridgehead atoms. The van der Waals surface area contributed by atoms with Crippen molar-refractivity contribution in [2.24, 2.45) is 0 Å². The summed E-state index contributed by atoms with van der Waals surface area (Å²) in [5.41, 5.74) is 7.03. The van der Waals surface area contributed by atoms with Gasteiger partial charge < -0.3 is 29.6 Å². The minimum absolute atomic E-state index is 0.0757. The number of carbonyl (C=O) groups is 1. The van der Waals surface area contributed by atoms with Gasteiger partial charge in [-0.3, -0.25) is 4.79 Å². The highest BCUT2D eigenvalue weighted by molar-refractivity contribution is 6.34. The lowest BCUT2D eigenvalue weighted by atomic mass is 9.92. The van der Waals surface area contributed by atoms with Crippen LogP contribution in [-0.2, 0) is 24.6 Å². The molecule has 0 saturated carbocycles. The van der Waals surface area contributed by atoms with E-state index >= 15 is 0 Å². The Morgan fingerprint density at radius 2 is 1.70 bits per heavy atom. The van der Waals surface area contributed by atoms with Crippen molar-refractivity contribution in [1.29, 1.82) is 5.26 Å². The molecule has 2 radical (unpaired) electrons. The first-order chi connectivity index (χ1) is 21.4. The van der Waals surface area contributed by atoms with Crippen molar-refractivity contribution < 1.29 is 23.7 Å². The number of carbonyl (C=O) groups excluding carboxylic acids is 1. The van der Waals surface area contributed by atoms with Crippen molar-refractivity contribution in [2.75, 3.05) is 26.3 Å². The summed E-state index contributed by atoms with van der Waals surface area (Å²) < 4.78 is 24.0. The smallest absolute Gasteiger partial charge is 0.216 e. The zero-order chi connectivity index (χ0) is 30.9. The Balaban J connectivity index is 1.33. The molecule has 0 atom stereocenters. The third-order valence-corrected chi connectivity index (χ3v) is 7.32. The van der Waals surface area contributed by atoms with Gasteiger partial charge in [0.1, 0.15) is 45.8 Å². The van der Waals surface area contributed by atoms with Gasteiger partial charge in [0.2, 0.25) is 5.91 Å². The topological polar surface area (TPSA) is 102 Å². The van der Waals surface area contributed by atoms with Crippen LogP contribution in [0.15, 0.2) is 72.8 Å². The number of hydrogen-bond donors (Lipinski definition) is 2. The first-order valence-electron chi connectivity index (χ1n) is 14.5. The number of benzene rings is 4. The second kappa shape index (κ2) is 14.5. The van der Waals surface area contributed by atoms with Crippen molar-refractivity contribution in [3.05, 3.63) is 101 Å². The standard InChI is InChI=1S/C35H34BN3O5/c1-23-28(7-4-8-30(23)27-9-10-32-35(17-27)42-14-13-41-32)22-44-34-18-33(43-21-26-6-3-5-25(15-26)19-37)29(16-31(34)36)20-38-11-12-39-24(2)40/h3-10,15-18,38H,11-14,20-22H2,1-2H3,(H,39,40). The molecule has 1 aliphatic rings. The number of hydrogen-bond acceptors (Lipinski definition) is 7. The van der Waals surface area contributed by atoms with Gasteiger partial charge in [-0.05, 0) is 59.0 Å².